The van der Waals surface area contributed by atoms with Gasteiger partial charge < -0.3 is 15.8 Å². The van der Waals surface area contributed by atoms with E-state index < -0.39 is 0 Å². The lowest BCUT2D eigenvalue weighted by atomic mass is 10.1. The SMILES string of the molecule is Nc1cc(Cl)cc(C(=O)NC2CCOCC2)c1. The molecule has 1 heterocycles. The van der Waals surface area contributed by atoms with Crippen LogP contribution in [0.1, 0.15) is 23.2 Å². The maximum atomic E-state index is 12.0. The summed E-state index contributed by atoms with van der Waals surface area (Å²) in [5.41, 5.74) is 6.64. The first-order chi connectivity index (χ1) is 8.15. The molecule has 0 spiro atoms. The van der Waals surface area contributed by atoms with Gasteiger partial charge in [0.2, 0.25) is 0 Å². The fourth-order valence-electron chi connectivity index (χ4n) is 1.85. The quantitative estimate of drug-likeness (QED) is 0.792. The van der Waals surface area contributed by atoms with Crippen molar-refractivity contribution in [2.45, 2.75) is 18.9 Å². The van der Waals surface area contributed by atoms with Crippen LogP contribution in [-0.2, 0) is 4.74 Å². The van der Waals surface area contributed by atoms with E-state index >= 15 is 0 Å². The van der Waals surface area contributed by atoms with Crippen LogP contribution in [0.2, 0.25) is 5.02 Å². The third kappa shape index (κ3) is 3.35. The van der Waals surface area contributed by atoms with Crippen molar-refractivity contribution in [3.63, 3.8) is 0 Å². The molecule has 1 aliphatic rings. The van der Waals surface area contributed by atoms with E-state index in [0.29, 0.717) is 29.5 Å². The first-order valence-electron chi connectivity index (χ1n) is 5.60. The molecule has 0 aromatic heterocycles. The summed E-state index contributed by atoms with van der Waals surface area (Å²) in [7, 11) is 0. The Hall–Kier alpha value is -1.26. The van der Waals surface area contributed by atoms with Gasteiger partial charge in [-0.2, -0.15) is 0 Å². The van der Waals surface area contributed by atoms with Crippen molar-refractivity contribution >= 4 is 23.2 Å². The van der Waals surface area contributed by atoms with E-state index in [9.17, 15) is 4.79 Å². The number of carbonyl (C=O) groups excluding carboxylic acids is 1. The molecule has 1 aliphatic heterocycles. The van der Waals surface area contributed by atoms with Crippen molar-refractivity contribution in [1.82, 2.24) is 5.32 Å². The molecule has 1 amide bonds. The zero-order valence-electron chi connectivity index (χ0n) is 9.41. The summed E-state index contributed by atoms with van der Waals surface area (Å²) in [5, 5.41) is 3.43. The molecule has 2 rings (SSSR count). The molecular weight excluding hydrogens is 240 g/mol. The highest BCUT2D eigenvalue weighted by molar-refractivity contribution is 6.31. The second kappa shape index (κ2) is 5.38. The number of ether oxygens (including phenoxy) is 1. The topological polar surface area (TPSA) is 64.4 Å². The largest absolute Gasteiger partial charge is 0.399 e. The van der Waals surface area contributed by atoms with Crippen molar-refractivity contribution in [3.8, 4) is 0 Å². The van der Waals surface area contributed by atoms with E-state index in [-0.39, 0.29) is 11.9 Å². The normalized spacial score (nSPS) is 16.8. The number of hydrogen-bond acceptors (Lipinski definition) is 3. The molecule has 0 radical (unpaired) electrons. The Morgan fingerprint density at radius 2 is 2.06 bits per heavy atom. The summed E-state index contributed by atoms with van der Waals surface area (Å²) in [6, 6.07) is 5.04. The Morgan fingerprint density at radius 1 is 1.35 bits per heavy atom. The Balaban J connectivity index is 2.03. The summed E-state index contributed by atoms with van der Waals surface area (Å²) >= 11 is 5.86. The molecule has 0 atom stereocenters. The van der Waals surface area contributed by atoms with Gasteiger partial charge in [-0.3, -0.25) is 4.79 Å². The van der Waals surface area contributed by atoms with E-state index in [1.807, 2.05) is 0 Å². The number of nitrogens with one attached hydrogen (secondary N) is 1. The average molecular weight is 255 g/mol. The molecule has 3 N–H and O–H groups in total. The van der Waals surface area contributed by atoms with Gasteiger partial charge in [0.15, 0.2) is 0 Å². The third-order valence-electron chi connectivity index (χ3n) is 2.74. The number of halogens is 1. The van der Waals surface area contributed by atoms with Gasteiger partial charge in [0, 0.05) is 35.5 Å². The van der Waals surface area contributed by atoms with Crippen LogP contribution in [0.4, 0.5) is 5.69 Å². The first kappa shape index (κ1) is 12.2. The van der Waals surface area contributed by atoms with Gasteiger partial charge in [0.25, 0.3) is 5.91 Å². The molecular formula is C12H15ClN2O2. The van der Waals surface area contributed by atoms with Gasteiger partial charge in [0.1, 0.15) is 0 Å². The molecule has 0 bridgehead atoms. The standard InChI is InChI=1S/C12H15ClN2O2/c13-9-5-8(6-10(14)7-9)12(16)15-11-1-3-17-4-2-11/h5-7,11H,1-4,14H2,(H,15,16). The number of nitrogens with two attached hydrogens (primary N) is 1. The zero-order valence-corrected chi connectivity index (χ0v) is 10.2. The zero-order chi connectivity index (χ0) is 12.3. The lowest BCUT2D eigenvalue weighted by Gasteiger charge is -2.23. The van der Waals surface area contributed by atoms with Crippen LogP contribution in [0.3, 0.4) is 0 Å². The van der Waals surface area contributed by atoms with Crippen molar-refractivity contribution < 1.29 is 9.53 Å². The fourth-order valence-corrected chi connectivity index (χ4v) is 2.10. The molecule has 1 fully saturated rings. The maximum absolute atomic E-state index is 12.0. The van der Waals surface area contributed by atoms with Gasteiger partial charge in [-0.15, -0.1) is 0 Å². The molecule has 1 aromatic rings. The molecule has 0 saturated carbocycles. The summed E-state index contributed by atoms with van der Waals surface area (Å²) in [5.74, 6) is -0.133. The lowest BCUT2D eigenvalue weighted by Crippen LogP contribution is -2.38. The van der Waals surface area contributed by atoms with Crippen molar-refractivity contribution in [2.24, 2.45) is 0 Å². The van der Waals surface area contributed by atoms with Crippen LogP contribution >= 0.6 is 11.6 Å². The molecule has 0 unspecified atom stereocenters. The average Bonchev–Trinajstić information content (AvgIpc) is 2.29. The summed E-state index contributed by atoms with van der Waals surface area (Å²) in [6.45, 7) is 1.39. The predicted molar refractivity (Wildman–Crippen MR) is 67.2 cm³/mol. The highest BCUT2D eigenvalue weighted by atomic mass is 35.5. The highest BCUT2D eigenvalue weighted by Crippen LogP contribution is 2.17. The van der Waals surface area contributed by atoms with Gasteiger partial charge in [0.05, 0.1) is 0 Å². The number of anilines is 1. The molecule has 1 aromatic carbocycles. The van der Waals surface area contributed by atoms with Crippen LogP contribution in [0.5, 0.6) is 0 Å². The number of amides is 1. The van der Waals surface area contributed by atoms with Gasteiger partial charge in [-0.1, -0.05) is 11.6 Å². The maximum Gasteiger partial charge on any atom is 0.251 e. The minimum absolute atomic E-state index is 0.133. The Bertz CT molecular complexity index is 397. The molecule has 5 heteroatoms. The fraction of sp³-hybridized carbons (Fsp3) is 0.417. The highest BCUT2D eigenvalue weighted by Gasteiger charge is 2.17. The van der Waals surface area contributed by atoms with Crippen LogP contribution in [0, 0.1) is 0 Å². The number of benzene rings is 1. The number of rotatable bonds is 2. The Labute approximate surface area is 105 Å². The summed E-state index contributed by atoms with van der Waals surface area (Å²) < 4.78 is 5.23. The van der Waals surface area contributed by atoms with Gasteiger partial charge in [-0.05, 0) is 31.0 Å². The minimum atomic E-state index is -0.133. The van der Waals surface area contributed by atoms with Crippen molar-refractivity contribution in [3.05, 3.63) is 28.8 Å². The smallest absolute Gasteiger partial charge is 0.251 e. The monoisotopic (exact) mass is 254 g/mol. The van der Waals surface area contributed by atoms with E-state index in [4.69, 9.17) is 22.1 Å². The second-order valence-electron chi connectivity index (χ2n) is 4.13. The Morgan fingerprint density at radius 3 is 2.71 bits per heavy atom. The van der Waals surface area contributed by atoms with Crippen LogP contribution < -0.4 is 11.1 Å². The van der Waals surface area contributed by atoms with Crippen LogP contribution in [-0.4, -0.2) is 25.2 Å². The van der Waals surface area contributed by atoms with Crippen LogP contribution in [0.15, 0.2) is 18.2 Å². The van der Waals surface area contributed by atoms with Gasteiger partial charge >= 0.3 is 0 Å². The van der Waals surface area contributed by atoms with Crippen molar-refractivity contribution in [1.29, 1.82) is 0 Å². The van der Waals surface area contributed by atoms with E-state index in [2.05, 4.69) is 5.32 Å². The molecule has 1 saturated heterocycles. The number of carbonyl (C=O) groups is 1. The van der Waals surface area contributed by atoms with Crippen LogP contribution in [0.25, 0.3) is 0 Å². The minimum Gasteiger partial charge on any atom is -0.399 e. The lowest BCUT2D eigenvalue weighted by molar-refractivity contribution is 0.0696. The second-order valence-corrected chi connectivity index (χ2v) is 4.57. The number of nitrogen functional groups attached to an aromatic ring is 1. The van der Waals surface area contributed by atoms with E-state index in [1.165, 1.54) is 0 Å². The first-order valence-corrected chi connectivity index (χ1v) is 5.97. The molecule has 17 heavy (non-hydrogen) atoms. The van der Waals surface area contributed by atoms with E-state index in [0.717, 1.165) is 12.8 Å². The summed E-state index contributed by atoms with van der Waals surface area (Å²) in [4.78, 5) is 12.0. The molecule has 0 aliphatic carbocycles. The van der Waals surface area contributed by atoms with Gasteiger partial charge in [-0.25, -0.2) is 0 Å². The predicted octanol–water partition coefficient (Wildman–Crippen LogP) is 1.83. The number of hydrogen-bond donors (Lipinski definition) is 2. The Kier molecular flexibility index (Phi) is 3.86. The van der Waals surface area contributed by atoms with Crippen molar-refractivity contribution in [2.75, 3.05) is 18.9 Å². The summed E-state index contributed by atoms with van der Waals surface area (Å²) in [6.07, 6.45) is 1.70. The van der Waals surface area contributed by atoms with E-state index in [1.54, 1.807) is 18.2 Å². The molecule has 4 nitrogen and oxygen atoms in total. The third-order valence-corrected chi connectivity index (χ3v) is 2.96. The molecule has 92 valence electrons.